The van der Waals surface area contributed by atoms with Crippen molar-refractivity contribution in [1.29, 1.82) is 5.26 Å². The molecule has 1 saturated carbocycles. The van der Waals surface area contributed by atoms with Crippen LogP contribution >= 0.6 is 23.1 Å². The fraction of sp³-hybridized carbons (Fsp3) is 0.375. The molecule has 5 rings (SSSR count). The quantitative estimate of drug-likeness (QED) is 0.305. The molecule has 0 radical (unpaired) electrons. The number of nitrogens with zero attached hydrogens (tertiary/aromatic N) is 5. The molecule has 3 heterocycles. The number of hydrogen-bond donors (Lipinski definition) is 0. The van der Waals surface area contributed by atoms with E-state index in [-0.39, 0.29) is 23.7 Å². The number of benzene rings is 1. The standard InChI is InChI=1S/C24H23N5O2S2/c1-14-15(2)33-21-20(14)23(31)29(16-7-3-4-8-16)24(27-21)32-13-19-26-18-10-6-5-9-17(18)22(30)28(19)12-11-25/h5-6,9-10,16H,3-4,7-8,12-13H2,1-2H3. The minimum absolute atomic E-state index is 0.0251. The molecular formula is C24H23N5O2S2. The molecule has 0 atom stereocenters. The van der Waals surface area contributed by atoms with Crippen molar-refractivity contribution in [2.75, 3.05) is 0 Å². The number of aryl methyl sites for hydroxylation is 2. The molecule has 0 unspecified atom stereocenters. The minimum Gasteiger partial charge on any atom is -0.284 e. The van der Waals surface area contributed by atoms with Crippen LogP contribution in [-0.4, -0.2) is 19.1 Å². The lowest BCUT2D eigenvalue weighted by molar-refractivity contribution is 0.458. The Labute approximate surface area is 198 Å². The van der Waals surface area contributed by atoms with E-state index in [1.165, 1.54) is 16.3 Å². The Morgan fingerprint density at radius 1 is 1.15 bits per heavy atom. The smallest absolute Gasteiger partial charge is 0.263 e. The monoisotopic (exact) mass is 477 g/mol. The average Bonchev–Trinajstić information content (AvgIpc) is 3.43. The lowest BCUT2D eigenvalue weighted by Crippen LogP contribution is -2.27. The lowest BCUT2D eigenvalue weighted by atomic mass is 10.2. The van der Waals surface area contributed by atoms with E-state index in [1.807, 2.05) is 24.5 Å². The Bertz CT molecular complexity index is 1540. The van der Waals surface area contributed by atoms with Crippen molar-refractivity contribution in [3.8, 4) is 6.07 Å². The Morgan fingerprint density at radius 3 is 2.67 bits per heavy atom. The van der Waals surface area contributed by atoms with E-state index >= 15 is 0 Å². The van der Waals surface area contributed by atoms with E-state index in [2.05, 4.69) is 11.1 Å². The van der Waals surface area contributed by atoms with Crippen LogP contribution in [0.4, 0.5) is 0 Å². The number of para-hydroxylation sites is 1. The molecule has 0 aliphatic heterocycles. The maximum atomic E-state index is 13.6. The van der Waals surface area contributed by atoms with E-state index in [9.17, 15) is 14.9 Å². The fourth-order valence-corrected chi connectivity index (χ4v) is 6.64. The van der Waals surface area contributed by atoms with Crippen molar-refractivity contribution < 1.29 is 0 Å². The molecule has 0 bridgehead atoms. The second kappa shape index (κ2) is 8.76. The molecular weight excluding hydrogens is 454 g/mol. The highest BCUT2D eigenvalue weighted by Crippen LogP contribution is 2.35. The van der Waals surface area contributed by atoms with Crippen molar-refractivity contribution in [2.24, 2.45) is 0 Å². The summed E-state index contributed by atoms with van der Waals surface area (Å²) in [4.78, 5) is 38.0. The van der Waals surface area contributed by atoms with E-state index in [1.54, 1.807) is 29.5 Å². The zero-order chi connectivity index (χ0) is 23.1. The summed E-state index contributed by atoms with van der Waals surface area (Å²) >= 11 is 2.96. The molecule has 4 aromatic rings. The third-order valence-electron chi connectivity index (χ3n) is 6.39. The van der Waals surface area contributed by atoms with Gasteiger partial charge in [-0.05, 0) is 44.4 Å². The molecule has 9 heteroatoms. The maximum Gasteiger partial charge on any atom is 0.263 e. The first-order valence-corrected chi connectivity index (χ1v) is 12.8. The number of thiophene rings is 1. The van der Waals surface area contributed by atoms with Gasteiger partial charge in [0.1, 0.15) is 17.2 Å². The molecule has 0 saturated heterocycles. The van der Waals surface area contributed by atoms with E-state index in [0.717, 1.165) is 46.3 Å². The summed E-state index contributed by atoms with van der Waals surface area (Å²) in [6.07, 6.45) is 4.15. The van der Waals surface area contributed by atoms with Crippen LogP contribution < -0.4 is 11.1 Å². The molecule has 7 nitrogen and oxygen atoms in total. The molecule has 0 amide bonds. The first-order chi connectivity index (χ1) is 16.0. The Morgan fingerprint density at radius 2 is 1.91 bits per heavy atom. The van der Waals surface area contributed by atoms with E-state index in [4.69, 9.17) is 4.98 Å². The van der Waals surface area contributed by atoms with Gasteiger partial charge in [0.2, 0.25) is 0 Å². The normalized spacial score (nSPS) is 14.3. The van der Waals surface area contributed by atoms with Gasteiger partial charge >= 0.3 is 0 Å². The van der Waals surface area contributed by atoms with Crippen LogP contribution in [0, 0.1) is 25.2 Å². The largest absolute Gasteiger partial charge is 0.284 e. The molecule has 0 spiro atoms. The van der Waals surface area contributed by atoms with Gasteiger partial charge in [-0.1, -0.05) is 36.7 Å². The second-order valence-corrected chi connectivity index (χ2v) is 10.5. The van der Waals surface area contributed by atoms with Crippen LogP contribution in [0.25, 0.3) is 21.1 Å². The second-order valence-electron chi connectivity index (χ2n) is 8.35. The Kier molecular flexibility index (Phi) is 5.81. The molecule has 1 aliphatic rings. The van der Waals surface area contributed by atoms with Crippen molar-refractivity contribution >= 4 is 44.2 Å². The number of fused-ring (bicyclic) bond motifs is 2. The molecule has 33 heavy (non-hydrogen) atoms. The number of hydrogen-bond acceptors (Lipinski definition) is 7. The van der Waals surface area contributed by atoms with E-state index < -0.39 is 0 Å². The number of rotatable bonds is 5. The van der Waals surface area contributed by atoms with Crippen molar-refractivity contribution in [3.05, 3.63) is 61.2 Å². The number of thioether (sulfide) groups is 1. The van der Waals surface area contributed by atoms with Gasteiger partial charge < -0.3 is 0 Å². The van der Waals surface area contributed by atoms with Gasteiger partial charge in [0.15, 0.2) is 5.16 Å². The molecule has 1 fully saturated rings. The van der Waals surface area contributed by atoms with Crippen molar-refractivity contribution in [3.63, 3.8) is 0 Å². The fourth-order valence-electron chi connectivity index (χ4n) is 4.56. The van der Waals surface area contributed by atoms with Gasteiger partial charge in [0.05, 0.1) is 28.1 Å². The summed E-state index contributed by atoms with van der Waals surface area (Å²) in [5.41, 5.74) is 1.42. The molecule has 3 aromatic heterocycles. The zero-order valence-corrected chi connectivity index (χ0v) is 20.1. The van der Waals surface area contributed by atoms with Crippen molar-refractivity contribution in [1.82, 2.24) is 19.1 Å². The molecule has 1 aliphatic carbocycles. The summed E-state index contributed by atoms with van der Waals surface area (Å²) in [6.45, 7) is 3.94. The SMILES string of the molecule is Cc1sc2nc(SCc3nc4ccccc4c(=O)n3CC#N)n(C3CCCC3)c(=O)c2c1C. The van der Waals surface area contributed by atoms with Crippen molar-refractivity contribution in [2.45, 2.75) is 63.0 Å². The average molecular weight is 478 g/mol. The topological polar surface area (TPSA) is 93.6 Å². The zero-order valence-electron chi connectivity index (χ0n) is 18.5. The van der Waals surface area contributed by atoms with Gasteiger partial charge in [-0.2, -0.15) is 5.26 Å². The molecule has 1 aromatic carbocycles. The maximum absolute atomic E-state index is 13.6. The Balaban J connectivity index is 1.62. The van der Waals surface area contributed by atoms with Crippen LogP contribution in [0.1, 0.15) is 48.0 Å². The van der Waals surface area contributed by atoms with Crippen LogP contribution in [0.5, 0.6) is 0 Å². The first-order valence-electron chi connectivity index (χ1n) is 11.0. The lowest BCUT2D eigenvalue weighted by Gasteiger charge is -2.18. The molecule has 168 valence electrons. The molecule has 0 N–H and O–H groups in total. The predicted octanol–water partition coefficient (Wildman–Crippen LogP) is 4.72. The van der Waals surface area contributed by atoms with Gasteiger partial charge in [0.25, 0.3) is 11.1 Å². The van der Waals surface area contributed by atoms with Gasteiger partial charge in [-0.3, -0.25) is 18.7 Å². The van der Waals surface area contributed by atoms with Gasteiger partial charge in [-0.15, -0.1) is 11.3 Å². The summed E-state index contributed by atoms with van der Waals surface area (Å²) in [5, 5.41) is 11.2. The highest BCUT2D eigenvalue weighted by molar-refractivity contribution is 7.98. The first kappa shape index (κ1) is 21.9. The van der Waals surface area contributed by atoms with E-state index in [0.29, 0.717) is 27.6 Å². The third-order valence-corrected chi connectivity index (χ3v) is 8.44. The number of nitriles is 1. The Hall–Kier alpha value is -2.96. The number of aromatic nitrogens is 4. The highest BCUT2D eigenvalue weighted by Gasteiger charge is 2.25. The van der Waals surface area contributed by atoms with Crippen LogP contribution in [0.2, 0.25) is 0 Å². The van der Waals surface area contributed by atoms with Gasteiger partial charge in [-0.25, -0.2) is 9.97 Å². The minimum atomic E-state index is -0.223. The summed E-state index contributed by atoms with van der Waals surface area (Å²) in [7, 11) is 0. The third kappa shape index (κ3) is 3.77. The summed E-state index contributed by atoms with van der Waals surface area (Å²) < 4.78 is 3.29. The van der Waals surface area contributed by atoms with Crippen LogP contribution in [-0.2, 0) is 12.3 Å². The highest BCUT2D eigenvalue weighted by atomic mass is 32.2. The van der Waals surface area contributed by atoms with Gasteiger partial charge in [0, 0.05) is 10.9 Å². The van der Waals surface area contributed by atoms with Crippen LogP contribution in [0.3, 0.4) is 0 Å². The summed E-state index contributed by atoms with van der Waals surface area (Å²) in [6, 6.07) is 9.38. The predicted molar refractivity (Wildman–Crippen MR) is 132 cm³/mol. The van der Waals surface area contributed by atoms with Crippen LogP contribution in [0.15, 0.2) is 39.0 Å². The summed E-state index contributed by atoms with van der Waals surface area (Å²) in [5.74, 6) is 0.853.